The number of ether oxygens (including phenoxy) is 1. The molecule has 0 bridgehead atoms. The van der Waals surface area contributed by atoms with E-state index >= 15 is 0 Å². The van der Waals surface area contributed by atoms with E-state index in [0.29, 0.717) is 10.9 Å². The van der Waals surface area contributed by atoms with Crippen LogP contribution in [0.25, 0.3) is 5.76 Å². The third kappa shape index (κ3) is 3.49. The minimum atomic E-state index is -2.92. The van der Waals surface area contributed by atoms with Gasteiger partial charge in [-0.05, 0) is 17.5 Å². The molecule has 36 heavy (non-hydrogen) atoms. The number of carbonyl (C=O) groups is 4. The maximum atomic E-state index is 13.6. The number of nitrogens with two attached hydrogens (primary N) is 1. The molecular weight excluding hydrogens is 544 g/mol. The molecule has 13 heteroatoms. The lowest BCUT2D eigenvalue weighted by Crippen LogP contribution is -2.63. The van der Waals surface area contributed by atoms with Crippen molar-refractivity contribution in [2.24, 2.45) is 17.6 Å². The number of hydrogen-bond donors (Lipinski definition) is 7. The number of halogens is 1. The summed E-state index contributed by atoms with van der Waals surface area (Å²) in [7, 11) is 0. The molecule has 0 heterocycles. The number of amides is 2. The average molecular weight is 567 g/mol. The van der Waals surface area contributed by atoms with Gasteiger partial charge >= 0.3 is 6.09 Å². The van der Waals surface area contributed by atoms with Gasteiger partial charge in [-0.1, -0.05) is 28.9 Å². The number of rotatable bonds is 4. The Morgan fingerprint density at radius 2 is 1.92 bits per heavy atom. The zero-order valence-electron chi connectivity index (χ0n) is 18.8. The number of carbonyl (C=O) groups excluding carboxylic acids is 4. The Labute approximate surface area is 212 Å². The number of fused-ring (bicyclic) bond motifs is 3. The Kier molecular flexibility index (Phi) is 6.35. The second-order valence-electron chi connectivity index (χ2n) is 8.86. The van der Waals surface area contributed by atoms with Gasteiger partial charge in [-0.3, -0.25) is 19.7 Å². The van der Waals surface area contributed by atoms with Crippen LogP contribution in [0.4, 0.5) is 10.5 Å². The first-order valence-electron chi connectivity index (χ1n) is 10.9. The van der Waals surface area contributed by atoms with Gasteiger partial charge in [0.1, 0.15) is 29.4 Å². The predicted molar refractivity (Wildman–Crippen MR) is 126 cm³/mol. The highest BCUT2D eigenvalue weighted by molar-refractivity contribution is 9.09. The first-order chi connectivity index (χ1) is 16.9. The Bertz CT molecular complexity index is 1270. The normalized spacial score (nSPS) is 29.3. The number of hydrogen-bond acceptors (Lipinski definition) is 10. The quantitative estimate of drug-likeness (QED) is 0.155. The molecule has 192 valence electrons. The van der Waals surface area contributed by atoms with Gasteiger partial charge in [-0.25, -0.2) is 4.79 Å². The summed E-state index contributed by atoms with van der Waals surface area (Å²) >= 11 is 3.10. The lowest BCUT2D eigenvalue weighted by atomic mass is 9.55. The summed E-state index contributed by atoms with van der Waals surface area (Å²) in [6, 6.07) is 2.82. The average Bonchev–Trinajstić information content (AvgIpc) is 2.81. The van der Waals surface area contributed by atoms with E-state index in [0.717, 1.165) is 0 Å². The molecule has 1 aromatic rings. The molecule has 0 aliphatic heterocycles. The van der Waals surface area contributed by atoms with Crippen molar-refractivity contribution < 1.29 is 49.4 Å². The summed E-state index contributed by atoms with van der Waals surface area (Å²) in [5.41, 5.74) is 0.695. The zero-order valence-corrected chi connectivity index (χ0v) is 20.4. The van der Waals surface area contributed by atoms with Crippen LogP contribution >= 0.6 is 15.9 Å². The van der Waals surface area contributed by atoms with Crippen molar-refractivity contribution in [3.05, 3.63) is 40.2 Å². The number of Topliss-reactive ketones (excluding diaryl/α,β-unsaturated/α-hetero) is 2. The fraction of sp³-hybridized carbons (Fsp3) is 0.391. The van der Waals surface area contributed by atoms with E-state index in [4.69, 9.17) is 10.5 Å². The Morgan fingerprint density at radius 3 is 2.53 bits per heavy atom. The largest absolute Gasteiger partial charge is 0.508 e. The summed E-state index contributed by atoms with van der Waals surface area (Å²) in [6.45, 7) is 1.65. The summed E-state index contributed by atoms with van der Waals surface area (Å²) in [5, 5.41) is 57.8. The van der Waals surface area contributed by atoms with Crippen molar-refractivity contribution in [1.82, 2.24) is 0 Å². The Morgan fingerprint density at radius 1 is 1.25 bits per heavy atom. The maximum Gasteiger partial charge on any atom is 0.411 e. The standard InChI is InChI=1S/C23H23BrN2O10/c1-7-8-2-3-10(26-22(34)36-5-4-24)17(29)13(8)18(30)15-12(7)16(28)9-6-11(27)14(21(25)33)19(31)23(9,35)20(15)32/h2-3,7,9,12,16,28-31,35H,4-6H2,1H3,(H2,25,33)(H,26,34)/t7-,9+,12+,16+,23+/m0/s1. The van der Waals surface area contributed by atoms with Gasteiger partial charge in [-0.15, -0.1) is 0 Å². The first kappa shape index (κ1) is 25.7. The summed E-state index contributed by atoms with van der Waals surface area (Å²) < 4.78 is 4.88. The van der Waals surface area contributed by atoms with Crippen molar-refractivity contribution in [2.75, 3.05) is 17.3 Å². The van der Waals surface area contributed by atoms with Crippen LogP contribution in [-0.4, -0.2) is 72.7 Å². The van der Waals surface area contributed by atoms with E-state index in [1.54, 1.807) is 6.92 Å². The molecule has 3 aliphatic carbocycles. The lowest BCUT2D eigenvalue weighted by molar-refractivity contribution is -0.160. The van der Waals surface area contributed by atoms with Crippen LogP contribution in [-0.2, 0) is 19.1 Å². The van der Waals surface area contributed by atoms with Crippen LogP contribution in [0, 0.1) is 11.8 Å². The van der Waals surface area contributed by atoms with Crippen molar-refractivity contribution in [2.45, 2.75) is 31.0 Å². The third-order valence-electron chi connectivity index (χ3n) is 7.05. The zero-order chi connectivity index (χ0) is 26.7. The molecule has 2 amide bonds. The second kappa shape index (κ2) is 8.91. The number of ketones is 2. The highest BCUT2D eigenvalue weighted by atomic mass is 79.9. The van der Waals surface area contributed by atoms with Crippen LogP contribution in [0.15, 0.2) is 29.0 Å². The van der Waals surface area contributed by atoms with Crippen LogP contribution in [0.3, 0.4) is 0 Å². The molecule has 1 fully saturated rings. The SMILES string of the molecule is C[C@H]1c2ccc(NC(=O)OCCBr)c(O)c2C(O)=C2C(=O)[C@]3(O)C(O)=C(C(N)=O)C(=O)C[C@@H]3[C@@H](O)[C@@H]21. The first-order valence-corrected chi connectivity index (χ1v) is 12.0. The van der Waals surface area contributed by atoms with Crippen LogP contribution in [0.1, 0.15) is 30.4 Å². The molecule has 0 radical (unpaired) electrons. The molecule has 0 unspecified atom stereocenters. The number of phenols is 1. The predicted octanol–water partition coefficient (Wildman–Crippen LogP) is 0.899. The molecule has 1 aromatic carbocycles. The van der Waals surface area contributed by atoms with Gasteiger partial charge in [0.25, 0.3) is 5.91 Å². The number of phenolic OH excluding ortho intramolecular Hbond substituents is 1. The van der Waals surface area contributed by atoms with E-state index in [1.165, 1.54) is 12.1 Å². The van der Waals surface area contributed by atoms with Crippen LogP contribution in [0.5, 0.6) is 5.75 Å². The van der Waals surface area contributed by atoms with Gasteiger partial charge < -0.3 is 36.0 Å². The van der Waals surface area contributed by atoms with Crippen molar-refractivity contribution >= 4 is 50.9 Å². The van der Waals surface area contributed by atoms with Crippen molar-refractivity contribution in [3.8, 4) is 5.75 Å². The maximum absolute atomic E-state index is 13.6. The number of primary amides is 1. The molecule has 5 atom stereocenters. The molecule has 3 aliphatic rings. The summed E-state index contributed by atoms with van der Waals surface area (Å²) in [6.07, 6.45) is -3.16. The van der Waals surface area contributed by atoms with Gasteiger partial charge in [-0.2, -0.15) is 0 Å². The lowest BCUT2D eigenvalue weighted by Gasteiger charge is -2.50. The molecule has 4 rings (SSSR count). The minimum absolute atomic E-state index is 0.0461. The number of alkyl halides is 1. The van der Waals surface area contributed by atoms with Gasteiger partial charge in [0.15, 0.2) is 11.4 Å². The topological polar surface area (TPSA) is 217 Å². The smallest absolute Gasteiger partial charge is 0.411 e. The van der Waals surface area contributed by atoms with E-state index < -0.39 is 87.9 Å². The number of nitrogens with one attached hydrogen (secondary N) is 1. The van der Waals surface area contributed by atoms with E-state index in [9.17, 15) is 44.7 Å². The van der Waals surface area contributed by atoms with Gasteiger partial charge in [0.05, 0.1) is 17.4 Å². The fourth-order valence-corrected chi connectivity index (χ4v) is 5.54. The van der Waals surface area contributed by atoms with Crippen LogP contribution < -0.4 is 11.1 Å². The molecular formula is C23H23BrN2O10. The highest BCUT2D eigenvalue weighted by Crippen LogP contribution is 2.56. The number of aliphatic hydroxyl groups excluding tert-OH is 3. The monoisotopic (exact) mass is 566 g/mol. The third-order valence-corrected chi connectivity index (χ3v) is 7.37. The number of aromatic hydroxyl groups is 1. The molecule has 8 N–H and O–H groups in total. The summed E-state index contributed by atoms with van der Waals surface area (Å²) in [5.74, 6) is -9.65. The molecule has 1 saturated carbocycles. The van der Waals surface area contributed by atoms with Crippen LogP contribution in [0.2, 0.25) is 0 Å². The van der Waals surface area contributed by atoms with Gasteiger partial charge in [0, 0.05) is 29.2 Å². The number of benzene rings is 1. The second-order valence-corrected chi connectivity index (χ2v) is 9.65. The highest BCUT2D eigenvalue weighted by Gasteiger charge is 2.64. The fourth-order valence-electron chi connectivity index (χ4n) is 5.38. The Hall–Kier alpha value is -3.42. The molecule has 0 aromatic heterocycles. The van der Waals surface area contributed by atoms with Crippen molar-refractivity contribution in [3.63, 3.8) is 0 Å². The molecule has 0 saturated heterocycles. The van der Waals surface area contributed by atoms with E-state index in [1.807, 2.05) is 0 Å². The molecule has 0 spiro atoms. The van der Waals surface area contributed by atoms with Crippen molar-refractivity contribution in [1.29, 1.82) is 0 Å². The van der Waals surface area contributed by atoms with Gasteiger partial charge in [0.2, 0.25) is 5.78 Å². The number of anilines is 1. The van der Waals surface area contributed by atoms with E-state index in [2.05, 4.69) is 21.2 Å². The molecule has 12 nitrogen and oxygen atoms in total. The minimum Gasteiger partial charge on any atom is -0.508 e. The number of aliphatic hydroxyl groups is 4. The Balaban J connectivity index is 1.88. The summed E-state index contributed by atoms with van der Waals surface area (Å²) in [4.78, 5) is 49.7. The van der Waals surface area contributed by atoms with E-state index in [-0.39, 0.29) is 17.9 Å².